The van der Waals surface area contributed by atoms with Crippen LogP contribution in [0.1, 0.15) is 5.56 Å². The van der Waals surface area contributed by atoms with Crippen LogP contribution in [-0.2, 0) is 11.2 Å². The van der Waals surface area contributed by atoms with Gasteiger partial charge in [-0.2, -0.15) is 0 Å². The fourth-order valence-electron chi connectivity index (χ4n) is 0.736. The molecule has 0 atom stereocenters. The van der Waals surface area contributed by atoms with Gasteiger partial charge in [0.05, 0.1) is 6.42 Å². The van der Waals surface area contributed by atoms with E-state index in [1.165, 1.54) is 6.07 Å². The van der Waals surface area contributed by atoms with Gasteiger partial charge in [-0.05, 0) is 6.07 Å². The largest absolute Gasteiger partial charge is 0.481 e. The number of carboxylic acid groups (broad SMARTS) is 1. The van der Waals surface area contributed by atoms with E-state index < -0.39 is 5.97 Å². The summed E-state index contributed by atoms with van der Waals surface area (Å²) in [6.45, 7) is 0. The van der Waals surface area contributed by atoms with Crippen molar-refractivity contribution in [1.82, 2.24) is 4.98 Å². The van der Waals surface area contributed by atoms with Gasteiger partial charge in [0.1, 0.15) is 10.3 Å². The van der Waals surface area contributed by atoms with Crippen LogP contribution in [0.15, 0.2) is 12.1 Å². The van der Waals surface area contributed by atoms with Gasteiger partial charge >= 0.3 is 5.97 Å². The lowest BCUT2D eigenvalue weighted by molar-refractivity contribution is -0.136. The lowest BCUT2D eigenvalue weighted by Gasteiger charge is -1.99. The zero-order valence-electron chi connectivity index (χ0n) is 5.92. The highest BCUT2D eigenvalue weighted by Gasteiger charge is 2.06. The molecule has 0 amide bonds. The van der Waals surface area contributed by atoms with Gasteiger partial charge in [-0.3, -0.25) is 4.79 Å². The molecular formula is C7H5Cl2NO2. The molecule has 64 valence electrons. The first kappa shape index (κ1) is 9.29. The minimum absolute atomic E-state index is 0.136. The second-order valence-corrected chi connectivity index (χ2v) is 2.90. The summed E-state index contributed by atoms with van der Waals surface area (Å²) in [6, 6.07) is 3.05. The molecule has 1 N–H and O–H groups in total. The molecule has 1 aromatic heterocycles. The Labute approximate surface area is 78.9 Å². The van der Waals surface area contributed by atoms with Crippen LogP contribution < -0.4 is 0 Å². The van der Waals surface area contributed by atoms with Gasteiger partial charge in [0.25, 0.3) is 0 Å². The van der Waals surface area contributed by atoms with Crippen molar-refractivity contribution in [1.29, 1.82) is 0 Å². The number of aromatic nitrogens is 1. The number of hydrogen-bond acceptors (Lipinski definition) is 2. The van der Waals surface area contributed by atoms with E-state index >= 15 is 0 Å². The van der Waals surface area contributed by atoms with Crippen molar-refractivity contribution in [3.05, 3.63) is 28.0 Å². The van der Waals surface area contributed by atoms with Crippen LogP contribution >= 0.6 is 23.2 Å². The van der Waals surface area contributed by atoms with Crippen LogP contribution in [0, 0.1) is 0 Å². The zero-order chi connectivity index (χ0) is 9.14. The Bertz CT molecular complexity index is 314. The third kappa shape index (κ3) is 2.36. The van der Waals surface area contributed by atoms with Crippen molar-refractivity contribution in [2.24, 2.45) is 0 Å². The molecule has 0 unspecified atom stereocenters. The summed E-state index contributed by atoms with van der Waals surface area (Å²) < 4.78 is 0. The van der Waals surface area contributed by atoms with Crippen LogP contribution in [0.4, 0.5) is 0 Å². The van der Waals surface area contributed by atoms with Gasteiger partial charge in [-0.25, -0.2) is 4.98 Å². The molecule has 0 fully saturated rings. The fraction of sp³-hybridized carbons (Fsp3) is 0.143. The van der Waals surface area contributed by atoms with Crippen molar-refractivity contribution in [2.75, 3.05) is 0 Å². The van der Waals surface area contributed by atoms with Gasteiger partial charge < -0.3 is 5.11 Å². The Morgan fingerprint density at radius 1 is 1.50 bits per heavy atom. The van der Waals surface area contributed by atoms with E-state index in [2.05, 4.69) is 4.98 Å². The molecule has 0 aliphatic rings. The molecular weight excluding hydrogens is 201 g/mol. The van der Waals surface area contributed by atoms with E-state index in [0.717, 1.165) is 0 Å². The molecule has 0 aliphatic carbocycles. The summed E-state index contributed by atoms with van der Waals surface area (Å²) in [5, 5.41) is 8.84. The van der Waals surface area contributed by atoms with Crippen LogP contribution in [0.25, 0.3) is 0 Å². The van der Waals surface area contributed by atoms with Gasteiger partial charge in [0.15, 0.2) is 0 Å². The molecule has 0 aliphatic heterocycles. The Balaban J connectivity index is 2.93. The number of pyridine rings is 1. The minimum atomic E-state index is -0.943. The lowest BCUT2D eigenvalue weighted by atomic mass is 10.2. The number of carboxylic acids is 1. The second-order valence-electron chi connectivity index (χ2n) is 2.15. The normalized spacial score (nSPS) is 9.83. The van der Waals surface area contributed by atoms with E-state index in [1.807, 2.05) is 0 Å². The predicted molar refractivity (Wildman–Crippen MR) is 45.6 cm³/mol. The van der Waals surface area contributed by atoms with Crippen molar-refractivity contribution < 1.29 is 9.90 Å². The standard InChI is InChI=1S/C7H5Cl2NO2/c8-5-2-1-4(3-6(11)12)7(9)10-5/h1-2H,3H2,(H,11,12). The number of nitrogens with zero attached hydrogens (tertiary/aromatic N) is 1. The van der Waals surface area contributed by atoms with Gasteiger partial charge in [-0.15, -0.1) is 0 Å². The smallest absolute Gasteiger partial charge is 0.307 e. The summed E-state index contributed by atoms with van der Waals surface area (Å²) >= 11 is 11.1. The molecule has 0 saturated carbocycles. The quantitative estimate of drug-likeness (QED) is 0.753. The third-order valence-electron chi connectivity index (χ3n) is 1.23. The molecule has 1 heterocycles. The number of halogens is 2. The first-order chi connectivity index (χ1) is 5.59. The van der Waals surface area contributed by atoms with Crippen LogP contribution in [0.5, 0.6) is 0 Å². The molecule has 1 rings (SSSR count). The first-order valence-corrected chi connectivity index (χ1v) is 3.88. The van der Waals surface area contributed by atoms with E-state index in [1.54, 1.807) is 6.07 Å². The van der Waals surface area contributed by atoms with Gasteiger partial charge in [0.2, 0.25) is 0 Å². The summed E-state index contributed by atoms with van der Waals surface area (Å²) in [5.74, 6) is -0.943. The number of rotatable bonds is 2. The molecule has 0 spiro atoms. The molecule has 0 bridgehead atoms. The number of aliphatic carboxylic acids is 1. The Morgan fingerprint density at radius 2 is 2.17 bits per heavy atom. The highest BCUT2D eigenvalue weighted by atomic mass is 35.5. The monoisotopic (exact) mass is 205 g/mol. The summed E-state index contributed by atoms with van der Waals surface area (Å²) in [7, 11) is 0. The van der Waals surface area contributed by atoms with Crippen LogP contribution in [-0.4, -0.2) is 16.1 Å². The average molecular weight is 206 g/mol. The average Bonchev–Trinajstić information content (AvgIpc) is 1.94. The summed E-state index contributed by atoms with van der Waals surface area (Å²) in [6.07, 6.45) is -0.136. The van der Waals surface area contributed by atoms with Gasteiger partial charge in [-0.1, -0.05) is 29.3 Å². The molecule has 0 radical (unpaired) electrons. The molecule has 0 aromatic carbocycles. The SMILES string of the molecule is O=C(O)Cc1ccc(Cl)nc1Cl. The summed E-state index contributed by atoms with van der Waals surface area (Å²) in [5.41, 5.74) is 0.466. The maximum Gasteiger partial charge on any atom is 0.307 e. The van der Waals surface area contributed by atoms with Gasteiger partial charge in [0, 0.05) is 5.56 Å². The Hall–Kier alpha value is -0.800. The molecule has 3 nitrogen and oxygen atoms in total. The van der Waals surface area contributed by atoms with Crippen molar-refractivity contribution in [2.45, 2.75) is 6.42 Å². The van der Waals surface area contributed by atoms with E-state index in [0.29, 0.717) is 5.56 Å². The molecule has 5 heteroatoms. The van der Waals surface area contributed by atoms with Crippen molar-refractivity contribution >= 4 is 29.2 Å². The first-order valence-electron chi connectivity index (χ1n) is 3.12. The molecule has 1 aromatic rings. The minimum Gasteiger partial charge on any atom is -0.481 e. The number of hydrogen-bond donors (Lipinski definition) is 1. The Kier molecular flexibility index (Phi) is 2.89. The maximum atomic E-state index is 10.3. The van der Waals surface area contributed by atoms with E-state index in [-0.39, 0.29) is 16.7 Å². The fourth-order valence-corrected chi connectivity index (χ4v) is 1.15. The molecule has 12 heavy (non-hydrogen) atoms. The Morgan fingerprint density at radius 3 is 2.67 bits per heavy atom. The zero-order valence-corrected chi connectivity index (χ0v) is 7.43. The number of carbonyl (C=O) groups is 1. The highest BCUT2D eigenvalue weighted by molar-refractivity contribution is 6.32. The topological polar surface area (TPSA) is 50.2 Å². The third-order valence-corrected chi connectivity index (χ3v) is 1.77. The highest BCUT2D eigenvalue weighted by Crippen LogP contribution is 2.16. The predicted octanol–water partition coefficient (Wildman–Crippen LogP) is 2.02. The maximum absolute atomic E-state index is 10.3. The van der Waals surface area contributed by atoms with Crippen molar-refractivity contribution in [3.8, 4) is 0 Å². The van der Waals surface area contributed by atoms with Crippen molar-refractivity contribution in [3.63, 3.8) is 0 Å². The summed E-state index contributed by atoms with van der Waals surface area (Å²) in [4.78, 5) is 14.0. The second kappa shape index (κ2) is 3.74. The van der Waals surface area contributed by atoms with E-state index in [4.69, 9.17) is 28.3 Å². The van der Waals surface area contributed by atoms with E-state index in [9.17, 15) is 4.79 Å². The molecule has 0 saturated heterocycles. The lowest BCUT2D eigenvalue weighted by Crippen LogP contribution is -2.01. The van der Waals surface area contributed by atoms with Crippen LogP contribution in [0.2, 0.25) is 10.3 Å². The van der Waals surface area contributed by atoms with Crippen LogP contribution in [0.3, 0.4) is 0 Å².